The van der Waals surface area contributed by atoms with Gasteiger partial charge in [-0.1, -0.05) is 0 Å². The van der Waals surface area contributed by atoms with E-state index in [-0.39, 0.29) is 11.5 Å². The summed E-state index contributed by atoms with van der Waals surface area (Å²) in [6.45, 7) is 10.3. The van der Waals surface area contributed by atoms with E-state index in [9.17, 15) is 4.79 Å². The molecule has 4 rings (SSSR count). The molecule has 4 nitrogen and oxygen atoms in total. The first kappa shape index (κ1) is 12.4. The number of carbonyl (C=O) groups is 1. The van der Waals surface area contributed by atoms with Crippen LogP contribution in [0.5, 0.6) is 0 Å². The summed E-state index contributed by atoms with van der Waals surface area (Å²) in [7, 11) is 0. The van der Waals surface area contributed by atoms with Gasteiger partial charge in [-0.15, -0.1) is 0 Å². The molecule has 0 aromatic heterocycles. The van der Waals surface area contributed by atoms with Crippen molar-refractivity contribution in [2.45, 2.75) is 51.2 Å². The fourth-order valence-corrected chi connectivity index (χ4v) is 3.46. The smallest absolute Gasteiger partial charge is 0.228 e. The van der Waals surface area contributed by atoms with Crippen LogP contribution in [0.1, 0.15) is 33.6 Å². The summed E-state index contributed by atoms with van der Waals surface area (Å²) in [6, 6.07) is 0.909. The van der Waals surface area contributed by atoms with Crippen molar-refractivity contribution < 1.29 is 9.53 Å². The molecule has 102 valence electrons. The van der Waals surface area contributed by atoms with Gasteiger partial charge in [0.1, 0.15) is 0 Å². The summed E-state index contributed by atoms with van der Waals surface area (Å²) < 4.78 is 5.34. The Hall–Kier alpha value is -0.610. The summed E-state index contributed by atoms with van der Waals surface area (Å²) in [5.74, 6) is 0.485. The first-order chi connectivity index (χ1) is 8.47. The third-order valence-corrected chi connectivity index (χ3v) is 4.68. The van der Waals surface area contributed by atoms with E-state index in [1.165, 1.54) is 6.42 Å². The molecule has 0 aromatic carbocycles. The van der Waals surface area contributed by atoms with Crippen LogP contribution in [0.4, 0.5) is 0 Å². The lowest BCUT2D eigenvalue weighted by molar-refractivity contribution is -0.162. The predicted molar refractivity (Wildman–Crippen MR) is 69.3 cm³/mol. The van der Waals surface area contributed by atoms with Crippen molar-refractivity contribution in [3.63, 3.8) is 0 Å². The lowest BCUT2D eigenvalue weighted by Crippen LogP contribution is -2.73. The van der Waals surface area contributed by atoms with Crippen molar-refractivity contribution in [3.8, 4) is 0 Å². The highest BCUT2D eigenvalue weighted by Crippen LogP contribution is 2.37. The van der Waals surface area contributed by atoms with Crippen molar-refractivity contribution in [1.29, 1.82) is 0 Å². The number of fused-ring (bicyclic) bond motifs is 2. The van der Waals surface area contributed by atoms with E-state index in [2.05, 4.69) is 30.6 Å². The van der Waals surface area contributed by atoms with Gasteiger partial charge in [-0.05, 0) is 33.6 Å². The molecule has 3 atom stereocenters. The molecule has 4 fully saturated rings. The fraction of sp³-hybridized carbons (Fsp3) is 0.929. The highest BCUT2D eigenvalue weighted by Gasteiger charge is 2.50. The molecule has 0 N–H and O–H groups in total. The molecular weight excluding hydrogens is 228 g/mol. The van der Waals surface area contributed by atoms with Crippen molar-refractivity contribution in [3.05, 3.63) is 0 Å². The first-order valence-corrected chi connectivity index (χ1v) is 7.12. The second-order valence-corrected chi connectivity index (χ2v) is 6.93. The monoisotopic (exact) mass is 252 g/mol. The maximum atomic E-state index is 12.4. The van der Waals surface area contributed by atoms with Crippen LogP contribution in [0.25, 0.3) is 0 Å². The van der Waals surface area contributed by atoms with E-state index in [0.29, 0.717) is 24.6 Å². The maximum Gasteiger partial charge on any atom is 0.228 e. The van der Waals surface area contributed by atoms with Crippen LogP contribution in [-0.2, 0) is 9.53 Å². The highest BCUT2D eigenvalue weighted by molar-refractivity contribution is 5.81. The largest absolute Gasteiger partial charge is 0.381 e. The zero-order chi connectivity index (χ0) is 12.9. The molecule has 0 aliphatic carbocycles. The van der Waals surface area contributed by atoms with Gasteiger partial charge in [0.05, 0.1) is 12.5 Å². The highest BCUT2D eigenvalue weighted by atomic mass is 16.5. The molecule has 18 heavy (non-hydrogen) atoms. The Morgan fingerprint density at radius 3 is 2.39 bits per heavy atom. The van der Waals surface area contributed by atoms with Crippen LogP contribution >= 0.6 is 0 Å². The van der Waals surface area contributed by atoms with Gasteiger partial charge in [0.2, 0.25) is 5.91 Å². The Bertz CT molecular complexity index is 332. The Morgan fingerprint density at radius 2 is 1.89 bits per heavy atom. The van der Waals surface area contributed by atoms with Crippen LogP contribution in [0.15, 0.2) is 0 Å². The van der Waals surface area contributed by atoms with Crippen LogP contribution in [0, 0.1) is 5.92 Å². The molecule has 4 aliphatic rings. The zero-order valence-corrected chi connectivity index (χ0v) is 11.7. The lowest BCUT2D eigenvalue weighted by Gasteiger charge is -2.59. The van der Waals surface area contributed by atoms with E-state index in [4.69, 9.17) is 4.74 Å². The van der Waals surface area contributed by atoms with E-state index >= 15 is 0 Å². The van der Waals surface area contributed by atoms with Gasteiger partial charge < -0.3 is 9.64 Å². The summed E-state index contributed by atoms with van der Waals surface area (Å²) in [6.07, 6.45) is 2.11. The SMILES string of the molecule is CC(C)(C)N1CC2CC(C1)N2C(=O)C1CCOC1. The minimum atomic E-state index is 0.136. The van der Waals surface area contributed by atoms with E-state index < -0.39 is 0 Å². The average Bonchev–Trinajstić information content (AvgIpc) is 2.81. The number of hydrogen-bond donors (Lipinski definition) is 0. The molecule has 4 aliphatic heterocycles. The molecule has 0 aromatic rings. The maximum absolute atomic E-state index is 12.4. The predicted octanol–water partition coefficient (Wildman–Crippen LogP) is 1.11. The molecule has 1 amide bonds. The van der Waals surface area contributed by atoms with E-state index in [0.717, 1.165) is 26.1 Å². The minimum absolute atomic E-state index is 0.136. The Balaban J connectivity index is 1.63. The van der Waals surface area contributed by atoms with Gasteiger partial charge in [-0.2, -0.15) is 0 Å². The molecule has 0 saturated carbocycles. The van der Waals surface area contributed by atoms with Gasteiger partial charge in [0.25, 0.3) is 0 Å². The molecule has 4 saturated heterocycles. The zero-order valence-electron chi connectivity index (χ0n) is 11.7. The second-order valence-electron chi connectivity index (χ2n) is 6.93. The normalized spacial score (nSPS) is 36.6. The molecule has 2 bridgehead atoms. The molecule has 4 heteroatoms. The number of carbonyl (C=O) groups excluding carboxylic acids is 1. The summed E-state index contributed by atoms with van der Waals surface area (Å²) in [5, 5.41) is 0. The first-order valence-electron chi connectivity index (χ1n) is 7.12. The van der Waals surface area contributed by atoms with Gasteiger partial charge in [-0.3, -0.25) is 9.69 Å². The van der Waals surface area contributed by atoms with Crippen molar-refractivity contribution in [2.75, 3.05) is 26.3 Å². The van der Waals surface area contributed by atoms with Crippen LogP contribution in [0.3, 0.4) is 0 Å². The molecule has 0 spiro atoms. The lowest BCUT2D eigenvalue weighted by atomic mass is 9.83. The number of amides is 1. The third-order valence-electron chi connectivity index (χ3n) is 4.68. The summed E-state index contributed by atoms with van der Waals surface area (Å²) in [4.78, 5) is 17.1. The molecule has 0 radical (unpaired) electrons. The van der Waals surface area contributed by atoms with Crippen molar-refractivity contribution in [2.24, 2.45) is 5.92 Å². The number of nitrogens with zero attached hydrogens (tertiary/aromatic N) is 2. The number of piperazine rings is 1. The number of hydrogen-bond acceptors (Lipinski definition) is 3. The Morgan fingerprint density at radius 1 is 1.22 bits per heavy atom. The van der Waals surface area contributed by atoms with Crippen LogP contribution in [-0.4, -0.2) is 59.6 Å². The minimum Gasteiger partial charge on any atom is -0.381 e. The third kappa shape index (κ3) is 1.95. The van der Waals surface area contributed by atoms with Gasteiger partial charge in [-0.25, -0.2) is 0 Å². The molecule has 4 heterocycles. The number of piperidine rings is 1. The topological polar surface area (TPSA) is 32.8 Å². The fourth-order valence-electron chi connectivity index (χ4n) is 3.46. The molecular formula is C14H24N2O2. The average molecular weight is 252 g/mol. The van der Waals surface area contributed by atoms with Crippen molar-refractivity contribution >= 4 is 5.91 Å². The van der Waals surface area contributed by atoms with Gasteiger partial charge >= 0.3 is 0 Å². The van der Waals surface area contributed by atoms with Crippen LogP contribution < -0.4 is 0 Å². The van der Waals surface area contributed by atoms with Gasteiger partial charge in [0.15, 0.2) is 0 Å². The number of rotatable bonds is 1. The Labute approximate surface area is 109 Å². The quantitative estimate of drug-likeness (QED) is 0.701. The van der Waals surface area contributed by atoms with Crippen LogP contribution in [0.2, 0.25) is 0 Å². The summed E-state index contributed by atoms with van der Waals surface area (Å²) >= 11 is 0. The van der Waals surface area contributed by atoms with E-state index in [1.54, 1.807) is 0 Å². The number of ether oxygens (including phenoxy) is 1. The van der Waals surface area contributed by atoms with E-state index in [1.807, 2.05) is 0 Å². The molecule has 3 unspecified atom stereocenters. The second kappa shape index (κ2) is 4.20. The summed E-state index contributed by atoms with van der Waals surface area (Å²) in [5.41, 5.74) is 0.225. The van der Waals surface area contributed by atoms with Crippen molar-refractivity contribution in [1.82, 2.24) is 9.80 Å². The van der Waals surface area contributed by atoms with Gasteiger partial charge in [0, 0.05) is 37.3 Å². The standard InChI is InChI=1S/C14H24N2O2/c1-14(2,3)15-7-11-6-12(8-15)16(11)13(17)10-4-5-18-9-10/h10-12H,4-9H2,1-3H3. The Kier molecular flexibility index (Phi) is 2.90.